The highest BCUT2D eigenvalue weighted by atomic mass is 127. The second-order valence-electron chi connectivity index (χ2n) is 5.02. The number of benzene rings is 1. The number of nitrogens with zero attached hydrogens (tertiary/aromatic N) is 2. The Labute approximate surface area is 155 Å². The summed E-state index contributed by atoms with van der Waals surface area (Å²) in [5, 5.41) is 10.6. The topological polar surface area (TPSA) is 62.5 Å². The molecule has 0 saturated carbocycles. The Bertz CT molecular complexity index is 583. The molecule has 5 nitrogen and oxygen atoms in total. The van der Waals surface area contributed by atoms with Gasteiger partial charge in [0.05, 0.1) is 6.54 Å². The number of aromatic nitrogens is 1. The van der Waals surface area contributed by atoms with E-state index in [1.807, 2.05) is 36.4 Å². The summed E-state index contributed by atoms with van der Waals surface area (Å²) in [6, 6.07) is 11.9. The predicted molar refractivity (Wildman–Crippen MR) is 105 cm³/mol. The quantitative estimate of drug-likeness (QED) is 0.305. The van der Waals surface area contributed by atoms with Gasteiger partial charge in [-0.05, 0) is 13.3 Å². The molecule has 0 spiro atoms. The first-order valence-electron chi connectivity index (χ1n) is 7.86. The number of nitrogens with one attached hydrogen (secondary N) is 2. The molecule has 2 N–H and O–H groups in total. The van der Waals surface area contributed by atoms with Gasteiger partial charge < -0.3 is 15.2 Å². The van der Waals surface area contributed by atoms with Gasteiger partial charge in [0.25, 0.3) is 0 Å². The number of hydrogen-bond acceptors (Lipinski definition) is 3. The second kappa shape index (κ2) is 11.0. The largest absolute Gasteiger partial charge is 0.357 e. The van der Waals surface area contributed by atoms with E-state index in [9.17, 15) is 0 Å². The van der Waals surface area contributed by atoms with Crippen molar-refractivity contribution in [1.82, 2.24) is 15.8 Å². The summed E-state index contributed by atoms with van der Waals surface area (Å²) >= 11 is 0. The SMILES string of the molecule is CCCCNC(=NCc1cc(-c2ccccc2)on1)NCC.I. The number of guanidine groups is 1. The molecule has 2 rings (SSSR count). The molecule has 1 heterocycles. The maximum atomic E-state index is 5.38. The summed E-state index contributed by atoms with van der Waals surface area (Å²) in [6.07, 6.45) is 2.29. The van der Waals surface area contributed by atoms with E-state index in [4.69, 9.17) is 4.52 Å². The third-order valence-electron chi connectivity index (χ3n) is 3.18. The molecule has 0 atom stereocenters. The summed E-state index contributed by atoms with van der Waals surface area (Å²) in [7, 11) is 0. The number of rotatable bonds is 7. The number of halogens is 1. The molecule has 126 valence electrons. The minimum Gasteiger partial charge on any atom is -0.357 e. The molecule has 0 fully saturated rings. The van der Waals surface area contributed by atoms with Crippen LogP contribution in [0.2, 0.25) is 0 Å². The smallest absolute Gasteiger partial charge is 0.191 e. The zero-order valence-electron chi connectivity index (χ0n) is 13.7. The van der Waals surface area contributed by atoms with Crippen molar-refractivity contribution >= 4 is 29.9 Å². The Morgan fingerprint density at radius 3 is 2.65 bits per heavy atom. The zero-order chi connectivity index (χ0) is 15.6. The predicted octanol–water partition coefficient (Wildman–Crippen LogP) is 3.81. The Morgan fingerprint density at radius 2 is 1.96 bits per heavy atom. The Morgan fingerprint density at radius 1 is 1.17 bits per heavy atom. The van der Waals surface area contributed by atoms with Crippen molar-refractivity contribution in [1.29, 1.82) is 0 Å². The molecule has 0 radical (unpaired) electrons. The molecule has 0 bridgehead atoms. The van der Waals surface area contributed by atoms with E-state index in [0.717, 1.165) is 48.9 Å². The van der Waals surface area contributed by atoms with Crippen molar-refractivity contribution in [3.63, 3.8) is 0 Å². The standard InChI is InChI=1S/C17H24N4O.HI/c1-3-5-11-19-17(18-4-2)20-13-15-12-16(22-21-15)14-9-7-6-8-10-14;/h6-10,12H,3-5,11,13H2,1-2H3,(H2,18,19,20);1H. The van der Waals surface area contributed by atoms with Gasteiger partial charge >= 0.3 is 0 Å². The molecule has 0 aliphatic heterocycles. The van der Waals surface area contributed by atoms with Crippen LogP contribution in [0, 0.1) is 0 Å². The average molecular weight is 428 g/mol. The third-order valence-corrected chi connectivity index (χ3v) is 3.18. The van der Waals surface area contributed by atoms with Crippen LogP contribution in [0.4, 0.5) is 0 Å². The summed E-state index contributed by atoms with van der Waals surface area (Å²) < 4.78 is 5.38. The lowest BCUT2D eigenvalue weighted by Gasteiger charge is -2.09. The van der Waals surface area contributed by atoms with Crippen molar-refractivity contribution in [3.8, 4) is 11.3 Å². The van der Waals surface area contributed by atoms with Crippen molar-refractivity contribution in [3.05, 3.63) is 42.1 Å². The monoisotopic (exact) mass is 428 g/mol. The fraction of sp³-hybridized carbons (Fsp3) is 0.412. The van der Waals surface area contributed by atoms with Gasteiger partial charge in [0.2, 0.25) is 0 Å². The summed E-state index contributed by atoms with van der Waals surface area (Å²) in [5.41, 5.74) is 1.85. The maximum absolute atomic E-state index is 5.38. The molecule has 0 aliphatic rings. The lowest BCUT2D eigenvalue weighted by atomic mass is 10.2. The molecular weight excluding hydrogens is 403 g/mol. The van der Waals surface area contributed by atoms with Crippen LogP contribution >= 0.6 is 24.0 Å². The molecule has 0 saturated heterocycles. The highest BCUT2D eigenvalue weighted by Gasteiger charge is 2.06. The van der Waals surface area contributed by atoms with Gasteiger partial charge in [-0.2, -0.15) is 0 Å². The molecule has 0 amide bonds. The maximum Gasteiger partial charge on any atom is 0.191 e. The molecule has 6 heteroatoms. The Hall–Kier alpha value is -1.57. The van der Waals surface area contributed by atoms with E-state index in [2.05, 4.69) is 34.6 Å². The van der Waals surface area contributed by atoms with E-state index in [1.54, 1.807) is 0 Å². The van der Waals surface area contributed by atoms with Crippen molar-refractivity contribution < 1.29 is 4.52 Å². The van der Waals surface area contributed by atoms with Crippen molar-refractivity contribution in [2.24, 2.45) is 4.99 Å². The summed E-state index contributed by atoms with van der Waals surface area (Å²) in [4.78, 5) is 4.53. The highest BCUT2D eigenvalue weighted by Crippen LogP contribution is 2.19. The van der Waals surface area contributed by atoms with Gasteiger partial charge in [0.15, 0.2) is 11.7 Å². The molecule has 0 aliphatic carbocycles. The van der Waals surface area contributed by atoms with Gasteiger partial charge in [0.1, 0.15) is 5.69 Å². The first kappa shape index (κ1) is 19.5. The van der Waals surface area contributed by atoms with Gasteiger partial charge in [-0.25, -0.2) is 4.99 Å². The van der Waals surface area contributed by atoms with E-state index in [-0.39, 0.29) is 24.0 Å². The normalized spacial score (nSPS) is 11.0. The van der Waals surface area contributed by atoms with Crippen LogP contribution in [-0.4, -0.2) is 24.2 Å². The van der Waals surface area contributed by atoms with E-state index in [0.29, 0.717) is 6.54 Å². The van der Waals surface area contributed by atoms with Crippen LogP contribution in [0.15, 0.2) is 45.9 Å². The van der Waals surface area contributed by atoms with E-state index in [1.165, 1.54) is 0 Å². The fourth-order valence-corrected chi connectivity index (χ4v) is 2.01. The first-order chi connectivity index (χ1) is 10.8. The first-order valence-corrected chi connectivity index (χ1v) is 7.86. The summed E-state index contributed by atoms with van der Waals surface area (Å²) in [5.74, 6) is 1.59. The number of aliphatic imine (C=N–C) groups is 1. The van der Waals surface area contributed by atoms with E-state index >= 15 is 0 Å². The zero-order valence-corrected chi connectivity index (χ0v) is 16.0. The molecule has 2 aromatic rings. The summed E-state index contributed by atoms with van der Waals surface area (Å²) in [6.45, 7) is 6.49. The minimum absolute atomic E-state index is 0. The Balaban J connectivity index is 0.00000264. The van der Waals surface area contributed by atoms with Crippen LogP contribution in [0.5, 0.6) is 0 Å². The number of hydrogen-bond donors (Lipinski definition) is 2. The van der Waals surface area contributed by atoms with E-state index < -0.39 is 0 Å². The van der Waals surface area contributed by atoms with Crippen LogP contribution in [0.3, 0.4) is 0 Å². The van der Waals surface area contributed by atoms with Crippen LogP contribution in [0.25, 0.3) is 11.3 Å². The molecule has 23 heavy (non-hydrogen) atoms. The molecule has 1 aromatic heterocycles. The van der Waals surface area contributed by atoms with Crippen LogP contribution < -0.4 is 10.6 Å². The van der Waals surface area contributed by atoms with Gasteiger partial charge in [-0.15, -0.1) is 24.0 Å². The minimum atomic E-state index is 0. The van der Waals surface area contributed by atoms with Gasteiger partial charge in [0, 0.05) is 24.7 Å². The molecule has 0 unspecified atom stereocenters. The molecular formula is C17H25IN4O. The third kappa shape index (κ3) is 6.60. The second-order valence-corrected chi connectivity index (χ2v) is 5.02. The van der Waals surface area contributed by atoms with Crippen LogP contribution in [-0.2, 0) is 6.54 Å². The van der Waals surface area contributed by atoms with Crippen LogP contribution in [0.1, 0.15) is 32.4 Å². The molecule has 1 aromatic carbocycles. The van der Waals surface area contributed by atoms with Gasteiger partial charge in [-0.1, -0.05) is 48.8 Å². The lowest BCUT2D eigenvalue weighted by molar-refractivity contribution is 0.424. The highest BCUT2D eigenvalue weighted by molar-refractivity contribution is 14.0. The average Bonchev–Trinajstić information content (AvgIpc) is 3.03. The number of unbranched alkanes of at least 4 members (excludes halogenated alkanes) is 1. The fourth-order valence-electron chi connectivity index (χ4n) is 2.01. The van der Waals surface area contributed by atoms with Crippen molar-refractivity contribution in [2.45, 2.75) is 33.2 Å². The lowest BCUT2D eigenvalue weighted by Crippen LogP contribution is -2.37. The van der Waals surface area contributed by atoms with Gasteiger partial charge in [-0.3, -0.25) is 0 Å². The van der Waals surface area contributed by atoms with Crippen molar-refractivity contribution in [2.75, 3.05) is 13.1 Å². The Kier molecular flexibility index (Phi) is 9.35.